The second-order valence-corrected chi connectivity index (χ2v) is 6.22. The Morgan fingerprint density at radius 2 is 1.96 bits per heavy atom. The standard InChI is InChI=1S/C17H14IN3O3/c1-11-19-17(21-24-11)14-4-2-3-5-15(14)20-16(22)10-23-13-8-6-12(18)7-9-13/h2-9H,10H2,1H3,(H,20,22). The Hall–Kier alpha value is -2.42. The Morgan fingerprint density at radius 1 is 1.21 bits per heavy atom. The average molecular weight is 435 g/mol. The number of hydrogen-bond donors (Lipinski definition) is 1. The topological polar surface area (TPSA) is 77.2 Å². The second kappa shape index (κ2) is 7.43. The number of benzene rings is 2. The molecule has 0 radical (unpaired) electrons. The number of aromatic nitrogens is 2. The van der Waals surface area contributed by atoms with Crippen LogP contribution in [0.25, 0.3) is 11.4 Å². The second-order valence-electron chi connectivity index (χ2n) is 4.97. The zero-order valence-corrected chi connectivity index (χ0v) is 15.0. The Bertz CT molecular complexity index is 846. The Morgan fingerprint density at radius 3 is 2.67 bits per heavy atom. The van der Waals surface area contributed by atoms with Gasteiger partial charge in [0.05, 0.1) is 5.69 Å². The molecule has 3 rings (SSSR count). The molecule has 24 heavy (non-hydrogen) atoms. The molecular weight excluding hydrogens is 421 g/mol. The molecule has 0 saturated heterocycles. The zero-order chi connectivity index (χ0) is 16.9. The van der Waals surface area contributed by atoms with E-state index in [0.29, 0.717) is 28.7 Å². The Balaban J connectivity index is 1.67. The molecule has 1 heterocycles. The van der Waals surface area contributed by atoms with Crippen LogP contribution in [0, 0.1) is 10.5 Å². The summed E-state index contributed by atoms with van der Waals surface area (Å²) in [6.07, 6.45) is 0. The van der Waals surface area contributed by atoms with E-state index in [4.69, 9.17) is 9.26 Å². The van der Waals surface area contributed by atoms with E-state index in [9.17, 15) is 4.79 Å². The zero-order valence-electron chi connectivity index (χ0n) is 12.8. The van der Waals surface area contributed by atoms with Gasteiger partial charge in [-0.2, -0.15) is 4.98 Å². The van der Waals surface area contributed by atoms with Crippen LogP contribution in [0.15, 0.2) is 53.1 Å². The van der Waals surface area contributed by atoms with Crippen molar-refractivity contribution in [3.05, 3.63) is 58.0 Å². The highest BCUT2D eigenvalue weighted by molar-refractivity contribution is 14.1. The minimum atomic E-state index is -0.263. The van der Waals surface area contributed by atoms with Gasteiger partial charge in [-0.15, -0.1) is 0 Å². The van der Waals surface area contributed by atoms with Gasteiger partial charge in [-0.1, -0.05) is 17.3 Å². The van der Waals surface area contributed by atoms with Gasteiger partial charge < -0.3 is 14.6 Å². The van der Waals surface area contributed by atoms with E-state index in [1.54, 1.807) is 13.0 Å². The number of carbonyl (C=O) groups is 1. The van der Waals surface area contributed by atoms with Crippen LogP contribution in [-0.4, -0.2) is 22.7 Å². The lowest BCUT2D eigenvalue weighted by atomic mass is 10.1. The van der Waals surface area contributed by atoms with Gasteiger partial charge >= 0.3 is 0 Å². The average Bonchev–Trinajstić information content (AvgIpc) is 3.01. The lowest BCUT2D eigenvalue weighted by Crippen LogP contribution is -2.20. The Kier molecular flexibility index (Phi) is 5.09. The van der Waals surface area contributed by atoms with Crippen LogP contribution in [-0.2, 0) is 4.79 Å². The van der Waals surface area contributed by atoms with Gasteiger partial charge in [0.2, 0.25) is 11.7 Å². The summed E-state index contributed by atoms with van der Waals surface area (Å²) in [6.45, 7) is 1.63. The van der Waals surface area contributed by atoms with E-state index in [0.717, 1.165) is 3.57 Å². The first kappa shape index (κ1) is 16.4. The smallest absolute Gasteiger partial charge is 0.262 e. The van der Waals surface area contributed by atoms with Crippen molar-refractivity contribution >= 4 is 34.2 Å². The molecule has 7 heteroatoms. The molecule has 2 aromatic carbocycles. The van der Waals surface area contributed by atoms with Crippen molar-refractivity contribution < 1.29 is 14.1 Å². The predicted molar refractivity (Wildman–Crippen MR) is 97.8 cm³/mol. The number of amides is 1. The molecule has 0 spiro atoms. The van der Waals surface area contributed by atoms with Crippen LogP contribution in [0.2, 0.25) is 0 Å². The highest BCUT2D eigenvalue weighted by atomic mass is 127. The summed E-state index contributed by atoms with van der Waals surface area (Å²) in [6, 6.07) is 14.8. The maximum Gasteiger partial charge on any atom is 0.262 e. The maximum absolute atomic E-state index is 12.1. The van der Waals surface area contributed by atoms with Crippen LogP contribution in [0.4, 0.5) is 5.69 Å². The lowest BCUT2D eigenvalue weighted by Gasteiger charge is -2.10. The number of nitrogens with one attached hydrogen (secondary N) is 1. The van der Waals surface area contributed by atoms with E-state index >= 15 is 0 Å². The number of anilines is 1. The van der Waals surface area contributed by atoms with Crippen molar-refractivity contribution in [3.63, 3.8) is 0 Å². The molecule has 0 aliphatic carbocycles. The number of halogens is 1. The van der Waals surface area contributed by atoms with Crippen molar-refractivity contribution in [1.29, 1.82) is 0 Å². The van der Waals surface area contributed by atoms with E-state index in [1.807, 2.05) is 42.5 Å². The molecule has 0 aliphatic rings. The van der Waals surface area contributed by atoms with E-state index in [-0.39, 0.29) is 12.5 Å². The van der Waals surface area contributed by atoms with E-state index < -0.39 is 0 Å². The summed E-state index contributed by atoms with van der Waals surface area (Å²) >= 11 is 2.21. The van der Waals surface area contributed by atoms with Crippen LogP contribution in [0.1, 0.15) is 5.89 Å². The third-order valence-electron chi connectivity index (χ3n) is 3.15. The van der Waals surface area contributed by atoms with Crippen molar-refractivity contribution in [2.75, 3.05) is 11.9 Å². The number of aryl methyl sites for hydroxylation is 1. The molecule has 6 nitrogen and oxygen atoms in total. The molecule has 1 amide bonds. The van der Waals surface area contributed by atoms with Crippen molar-refractivity contribution in [3.8, 4) is 17.1 Å². The number of hydrogen-bond acceptors (Lipinski definition) is 5. The number of carbonyl (C=O) groups excluding carboxylic acids is 1. The van der Waals surface area contributed by atoms with Crippen molar-refractivity contribution in [1.82, 2.24) is 10.1 Å². The number of para-hydroxylation sites is 1. The molecule has 1 aromatic heterocycles. The largest absolute Gasteiger partial charge is 0.484 e. The molecule has 122 valence electrons. The summed E-state index contributed by atoms with van der Waals surface area (Å²) in [5.41, 5.74) is 1.30. The van der Waals surface area contributed by atoms with Gasteiger partial charge in [0.1, 0.15) is 5.75 Å². The summed E-state index contributed by atoms with van der Waals surface area (Å²) in [4.78, 5) is 16.3. The summed E-state index contributed by atoms with van der Waals surface area (Å²) in [5, 5.41) is 6.70. The fourth-order valence-electron chi connectivity index (χ4n) is 2.06. The fourth-order valence-corrected chi connectivity index (χ4v) is 2.42. The van der Waals surface area contributed by atoms with Gasteiger partial charge in [0.15, 0.2) is 6.61 Å². The molecule has 0 atom stereocenters. The van der Waals surface area contributed by atoms with Crippen LogP contribution in [0.3, 0.4) is 0 Å². The van der Waals surface area contributed by atoms with Gasteiger partial charge in [0, 0.05) is 16.1 Å². The van der Waals surface area contributed by atoms with Gasteiger partial charge in [-0.3, -0.25) is 4.79 Å². The maximum atomic E-state index is 12.1. The monoisotopic (exact) mass is 435 g/mol. The third-order valence-corrected chi connectivity index (χ3v) is 3.87. The van der Waals surface area contributed by atoms with Gasteiger partial charge in [0.25, 0.3) is 5.91 Å². The molecule has 0 bridgehead atoms. The van der Waals surface area contributed by atoms with Crippen molar-refractivity contribution in [2.45, 2.75) is 6.92 Å². The summed E-state index contributed by atoms with van der Waals surface area (Å²) in [5.74, 6) is 1.28. The molecular formula is C17H14IN3O3. The summed E-state index contributed by atoms with van der Waals surface area (Å²) < 4.78 is 11.6. The quantitative estimate of drug-likeness (QED) is 0.619. The molecule has 1 N–H and O–H groups in total. The highest BCUT2D eigenvalue weighted by Crippen LogP contribution is 2.25. The first-order valence-electron chi connectivity index (χ1n) is 7.20. The minimum Gasteiger partial charge on any atom is -0.484 e. The number of rotatable bonds is 5. The molecule has 3 aromatic rings. The summed E-state index contributed by atoms with van der Waals surface area (Å²) in [7, 11) is 0. The lowest BCUT2D eigenvalue weighted by molar-refractivity contribution is -0.118. The normalized spacial score (nSPS) is 10.4. The SMILES string of the molecule is Cc1nc(-c2ccccc2NC(=O)COc2ccc(I)cc2)no1. The van der Waals surface area contributed by atoms with Gasteiger partial charge in [-0.25, -0.2) is 0 Å². The van der Waals surface area contributed by atoms with Gasteiger partial charge in [-0.05, 0) is 59.0 Å². The highest BCUT2D eigenvalue weighted by Gasteiger charge is 2.13. The van der Waals surface area contributed by atoms with E-state index in [1.165, 1.54) is 0 Å². The minimum absolute atomic E-state index is 0.0831. The first-order chi connectivity index (χ1) is 11.6. The number of nitrogens with zero attached hydrogens (tertiary/aromatic N) is 2. The van der Waals surface area contributed by atoms with Crippen molar-refractivity contribution in [2.24, 2.45) is 0 Å². The molecule has 0 aliphatic heterocycles. The fraction of sp³-hybridized carbons (Fsp3) is 0.118. The van der Waals surface area contributed by atoms with Crippen LogP contribution >= 0.6 is 22.6 Å². The van der Waals surface area contributed by atoms with Crippen LogP contribution in [0.5, 0.6) is 5.75 Å². The van der Waals surface area contributed by atoms with Crippen LogP contribution < -0.4 is 10.1 Å². The predicted octanol–water partition coefficient (Wildman–Crippen LogP) is 3.67. The molecule has 0 unspecified atom stereocenters. The third kappa shape index (κ3) is 4.10. The first-order valence-corrected chi connectivity index (χ1v) is 8.27. The molecule has 0 fully saturated rings. The Labute approximate surface area is 152 Å². The molecule has 0 saturated carbocycles. The van der Waals surface area contributed by atoms with E-state index in [2.05, 4.69) is 38.0 Å². The number of ether oxygens (including phenoxy) is 1.